The number of nitrogens with two attached hydrogens (primary N) is 7. The first kappa shape index (κ1) is 125. The van der Waals surface area contributed by atoms with E-state index in [1.165, 1.54) is 65.8 Å². The molecule has 0 fully saturated rings. The van der Waals surface area contributed by atoms with Crippen molar-refractivity contribution in [2.75, 3.05) is 25.4 Å². The number of guanidine groups is 1. The molecule has 1 aromatic rings. The summed E-state index contributed by atoms with van der Waals surface area (Å²) in [5.74, 6) is -33.1. The molecular weight excluding hydrogens is 1900 g/mol. The second kappa shape index (κ2) is 62.0. The Morgan fingerprint density at radius 1 is 0.345 bits per heavy atom. The topological polar surface area (TPSA) is 951 Å². The normalized spacial score (nSPS) is 15.0. The number of aliphatic carboxylic acids is 2. The fourth-order valence-electron chi connectivity index (χ4n) is 12.8. The molecule has 58 heteroatoms. The van der Waals surface area contributed by atoms with Crippen LogP contribution in [-0.4, -0.2) is 309 Å². The number of phenolic OH excluding ortho intramolecular Hbond substituents is 1. The van der Waals surface area contributed by atoms with Crippen molar-refractivity contribution in [1.82, 2.24) is 106 Å². The highest BCUT2D eigenvalue weighted by atomic mass is 32.1. The van der Waals surface area contributed by atoms with Crippen LogP contribution in [0.25, 0.3) is 0 Å². The fraction of sp³-hybridized carbons (Fsp3) is 0.607. The highest BCUT2D eigenvalue weighted by Gasteiger charge is 2.41. The summed E-state index contributed by atoms with van der Waals surface area (Å²) in [6.45, 7) is 16.1. The van der Waals surface area contributed by atoms with E-state index in [0.29, 0.717) is 0 Å². The summed E-state index contributed by atoms with van der Waals surface area (Å²) < 4.78 is 0. The Hall–Kier alpha value is -15.2. The predicted octanol–water partition coefficient (Wildman–Crippen LogP) is -13.2. The number of primary amides is 5. The average molecular weight is 2030 g/mol. The molecule has 19 atom stereocenters. The maximum atomic E-state index is 14.7. The molecule has 0 aliphatic heterocycles. The lowest BCUT2D eigenvalue weighted by Crippen LogP contribution is -2.61. The van der Waals surface area contributed by atoms with Crippen molar-refractivity contribution in [2.24, 2.45) is 63.8 Å². The lowest BCUT2D eigenvalue weighted by molar-refractivity contribution is -0.142. The molecule has 0 heterocycles. The molecular formula is C84H136N28O29S. The van der Waals surface area contributed by atoms with Gasteiger partial charge in [0.25, 0.3) is 0 Å². The zero-order valence-electron chi connectivity index (χ0n) is 80.8. The number of hydrogen-bond donors (Lipinski definition) is 32. The summed E-state index contributed by atoms with van der Waals surface area (Å²) in [6, 6.07) is -24.0. The van der Waals surface area contributed by atoms with Crippen LogP contribution in [0.15, 0.2) is 24.3 Å². The molecule has 0 aromatic heterocycles. The van der Waals surface area contributed by atoms with E-state index in [2.05, 4.69) is 119 Å². The number of benzene rings is 1. The van der Waals surface area contributed by atoms with E-state index in [-0.39, 0.29) is 49.3 Å². The van der Waals surface area contributed by atoms with Crippen LogP contribution in [0.2, 0.25) is 0 Å². The lowest BCUT2D eigenvalue weighted by atomic mass is 9.96. The van der Waals surface area contributed by atoms with Crippen LogP contribution in [0.4, 0.5) is 0 Å². The van der Waals surface area contributed by atoms with Crippen LogP contribution in [0.1, 0.15) is 166 Å². The van der Waals surface area contributed by atoms with Crippen molar-refractivity contribution in [2.45, 2.75) is 276 Å². The number of carboxylic acids is 2. The van der Waals surface area contributed by atoms with Crippen LogP contribution < -0.4 is 146 Å². The molecule has 0 saturated heterocycles. The molecule has 0 aliphatic carbocycles. The SMILES string of the molecule is CC[C@H](C)[C@H](NC(=O)[C@H](CCC(N)=O)NC(=O)CNC(=O)[C@H](CC(=O)O)NC(=O)[C@H](C)NC(=O)[C@@H](NC(=O)[C@@H](N)CC(N)=O)C(C)C)C(=O)N[C@@H](CCCNC(=N)N)C(=O)N[C@@H](C)C(=O)N[C@H](C(=O)N[C@@H](CC(C)C)C(=O)N[C@@H](Cc1ccc(O)cc1)C(=O)N[C@@H](CC(N)=O)C(=O)N[C@@H](C)C(=O)NCC(=O)N[C@@H](CC(N)=O)C(=O)N[C@@H](C)C(=O)N[C@@H](CC(N)=O)C(=O)N[C@@H](C)C(=O)N[C@@H](CS)C(=O)O)C(C)C. The molecule has 792 valence electrons. The van der Waals surface area contributed by atoms with E-state index >= 15 is 0 Å². The van der Waals surface area contributed by atoms with Gasteiger partial charge in [-0.1, -0.05) is 73.9 Å². The number of amides is 24. The third-order valence-electron chi connectivity index (χ3n) is 20.9. The van der Waals surface area contributed by atoms with E-state index in [1.54, 1.807) is 20.8 Å². The molecule has 142 heavy (non-hydrogen) atoms. The molecule has 1 rings (SSSR count). The number of aromatic hydroxyl groups is 1. The first-order valence-corrected chi connectivity index (χ1v) is 45.4. The van der Waals surface area contributed by atoms with Gasteiger partial charge in [0.15, 0.2) is 5.96 Å². The van der Waals surface area contributed by atoms with Gasteiger partial charge >= 0.3 is 11.9 Å². The van der Waals surface area contributed by atoms with Crippen molar-refractivity contribution in [3.63, 3.8) is 0 Å². The zero-order chi connectivity index (χ0) is 109. The van der Waals surface area contributed by atoms with Gasteiger partial charge in [0.1, 0.15) is 108 Å². The molecule has 24 amide bonds. The smallest absolute Gasteiger partial charge is 0.327 e. The Labute approximate surface area is 821 Å². The Morgan fingerprint density at radius 3 is 1.09 bits per heavy atom. The minimum absolute atomic E-state index is 0.00769. The number of thiol groups is 1. The maximum absolute atomic E-state index is 14.7. The van der Waals surface area contributed by atoms with Gasteiger partial charge in [-0.15, -0.1) is 0 Å². The second-order valence-corrected chi connectivity index (χ2v) is 34.8. The number of carbonyl (C=O) groups excluding carboxylic acids is 24. The van der Waals surface area contributed by atoms with Crippen molar-refractivity contribution >= 4 is 172 Å². The van der Waals surface area contributed by atoms with E-state index in [0.717, 1.165) is 27.7 Å². The minimum Gasteiger partial charge on any atom is -0.508 e. The molecule has 0 bridgehead atoms. The number of carboxylic acid groups (broad SMARTS) is 2. The largest absolute Gasteiger partial charge is 0.508 e. The first-order valence-electron chi connectivity index (χ1n) is 44.8. The van der Waals surface area contributed by atoms with Crippen molar-refractivity contribution in [3.8, 4) is 5.75 Å². The highest BCUT2D eigenvalue weighted by molar-refractivity contribution is 7.80. The molecule has 0 saturated carbocycles. The zero-order valence-corrected chi connectivity index (χ0v) is 81.7. The maximum Gasteiger partial charge on any atom is 0.327 e. The Kier molecular flexibility index (Phi) is 54.5. The van der Waals surface area contributed by atoms with Gasteiger partial charge in [-0.05, 0) is 102 Å². The van der Waals surface area contributed by atoms with E-state index in [9.17, 15) is 140 Å². The quantitative estimate of drug-likeness (QED) is 0.0125. The number of carbonyl (C=O) groups is 26. The van der Waals surface area contributed by atoms with Crippen LogP contribution in [0.5, 0.6) is 5.75 Å². The molecule has 1 aromatic carbocycles. The summed E-state index contributed by atoms with van der Waals surface area (Å²) >= 11 is 3.84. The van der Waals surface area contributed by atoms with Crippen molar-refractivity contribution in [3.05, 3.63) is 29.8 Å². The average Bonchev–Trinajstić information content (AvgIpc) is 0.844. The molecule has 0 radical (unpaired) electrons. The molecule has 0 spiro atoms. The van der Waals surface area contributed by atoms with Crippen LogP contribution in [0, 0.1) is 29.1 Å². The monoisotopic (exact) mass is 2030 g/mol. The van der Waals surface area contributed by atoms with Gasteiger partial charge in [-0.2, -0.15) is 12.6 Å². The Bertz CT molecular complexity index is 4720. The van der Waals surface area contributed by atoms with Crippen molar-refractivity contribution in [1.29, 1.82) is 5.41 Å². The second-order valence-electron chi connectivity index (χ2n) is 34.5. The molecule has 38 N–H and O–H groups in total. The van der Waals surface area contributed by atoms with Gasteiger partial charge in [-0.3, -0.25) is 125 Å². The highest BCUT2D eigenvalue weighted by Crippen LogP contribution is 2.17. The van der Waals surface area contributed by atoms with Crippen LogP contribution in [0.3, 0.4) is 0 Å². The Balaban J connectivity index is 3.51. The Morgan fingerprint density at radius 2 is 0.676 bits per heavy atom. The standard InChI is InChI=1S/C84H136N28O29S/c1-14-37(8)65(112-74(131)47(21-22-55(86)114)101-60(119)32-95-72(129)53(30-62(121)122)105-68(125)41(12)100-80(137)63(35(4)5)111-71(128)45(85)26-56(87)115)82(139)103-46(16-15-23-93-84(91)92)73(130)97-42(13)70(127)110-64(36(6)7)81(138)108-48(24-34(2)3)78(135)106-49(25-43-17-19-44(113)20-18-43)79(136)107-52(29-59(90)118)77(134)96-38(9)66(123)94-31-61(120)102-50(27-57(88)116)75(132)98-39(10)67(124)104-51(28-58(89)117)76(133)99-40(11)69(126)109-54(33-142)83(140)141/h17-20,34-42,45-54,63-65,113,142H,14-16,21-33,85H2,1-13H3,(H2,86,114)(H2,87,115)(H2,88,116)(H2,89,117)(H2,90,118)(H,94,123)(H,95,129)(H,96,134)(H,97,130)(H,98,132)(H,99,133)(H,100,137)(H,101,119)(H,102,120)(H,103,139)(H,104,124)(H,105,125)(H,106,135)(H,107,136)(H,108,138)(H,109,126)(H,110,127)(H,111,128)(H,112,131)(H,121,122)(H,140,141)(H4,91,92,93)/t37-,38-,39-,40-,41-,42-,45-,46-,47-,48-,49-,50-,51-,52-,53-,54-,63-,64-,65-/m0/s1. The number of phenols is 1. The lowest BCUT2D eigenvalue weighted by Gasteiger charge is -2.29. The molecule has 57 nitrogen and oxygen atoms in total. The van der Waals surface area contributed by atoms with E-state index < -0.39 is 357 Å². The van der Waals surface area contributed by atoms with Gasteiger partial charge < -0.3 is 162 Å². The number of rotatable bonds is 65. The predicted molar refractivity (Wildman–Crippen MR) is 502 cm³/mol. The minimum atomic E-state index is -1.94. The third-order valence-corrected chi connectivity index (χ3v) is 21.3. The van der Waals surface area contributed by atoms with Gasteiger partial charge in [0.2, 0.25) is 142 Å². The summed E-state index contributed by atoms with van der Waals surface area (Å²) in [6.07, 6.45) is -6.20. The van der Waals surface area contributed by atoms with Crippen LogP contribution in [-0.2, 0) is 131 Å². The number of hydrogen-bond acceptors (Lipinski definition) is 30. The molecule has 0 aliphatic rings. The van der Waals surface area contributed by atoms with Crippen molar-refractivity contribution < 1.29 is 140 Å². The summed E-state index contributed by atoms with van der Waals surface area (Å²) in [5, 5.41) is 83.2. The third kappa shape index (κ3) is 47.5. The number of nitrogens with one attached hydrogen (secondary N) is 21. The summed E-state index contributed by atoms with van der Waals surface area (Å²) in [4.78, 5) is 344. The van der Waals surface area contributed by atoms with Crippen LogP contribution >= 0.6 is 12.6 Å². The summed E-state index contributed by atoms with van der Waals surface area (Å²) in [5.41, 5.74) is 38.1. The fourth-order valence-corrected chi connectivity index (χ4v) is 13.0. The molecule has 0 unspecified atom stereocenters. The van der Waals surface area contributed by atoms with E-state index in [1.807, 2.05) is 0 Å². The van der Waals surface area contributed by atoms with Gasteiger partial charge in [0, 0.05) is 25.1 Å². The summed E-state index contributed by atoms with van der Waals surface area (Å²) in [7, 11) is 0. The van der Waals surface area contributed by atoms with Gasteiger partial charge in [-0.25, -0.2) is 4.79 Å². The van der Waals surface area contributed by atoms with E-state index in [4.69, 9.17) is 45.5 Å². The van der Waals surface area contributed by atoms with Gasteiger partial charge in [0.05, 0.1) is 51.2 Å². The first-order chi connectivity index (χ1) is 66.0.